The molecule has 1 aliphatic rings. The summed E-state index contributed by atoms with van der Waals surface area (Å²) in [6.45, 7) is 8.33. The monoisotopic (exact) mass is 484 g/mol. The van der Waals surface area contributed by atoms with Crippen molar-refractivity contribution in [2.24, 2.45) is 5.92 Å². The summed E-state index contributed by atoms with van der Waals surface area (Å²) in [6.07, 6.45) is 5.95. The van der Waals surface area contributed by atoms with Crippen molar-refractivity contribution in [1.29, 1.82) is 0 Å². The van der Waals surface area contributed by atoms with Crippen LogP contribution in [0.3, 0.4) is 0 Å². The number of fused-ring (bicyclic) bond motifs is 1. The average Bonchev–Trinajstić information content (AvgIpc) is 2.84. The maximum absolute atomic E-state index is 15.3. The normalized spacial score (nSPS) is 15.2. The zero-order valence-electron chi connectivity index (χ0n) is 20.2. The van der Waals surface area contributed by atoms with Crippen LogP contribution in [0.5, 0.6) is 0 Å². The number of unbranched alkanes of at least 4 members (excludes halogenated alkanes) is 1. The Bertz CT molecular complexity index is 1340. The lowest BCUT2D eigenvalue weighted by Crippen LogP contribution is -2.33. The second-order valence-electron chi connectivity index (χ2n) is 9.36. The summed E-state index contributed by atoms with van der Waals surface area (Å²) < 4.78 is 43.9. The SMILES string of the molecule is CCCCn1cc(S(=O)(=O)c2ccc(CC)cc2)c(=O)c2cc(F)c(N3CCC(C)CC3)cc21. The lowest BCUT2D eigenvalue weighted by Gasteiger charge is -2.32. The highest BCUT2D eigenvalue weighted by Gasteiger charge is 2.26. The Morgan fingerprint density at radius 3 is 2.35 bits per heavy atom. The van der Waals surface area contributed by atoms with Crippen LogP contribution in [0.1, 0.15) is 52.0 Å². The molecule has 0 radical (unpaired) electrons. The molecule has 0 bridgehead atoms. The zero-order valence-corrected chi connectivity index (χ0v) is 21.0. The number of hydrogen-bond acceptors (Lipinski definition) is 4. The van der Waals surface area contributed by atoms with Crippen molar-refractivity contribution in [3.63, 3.8) is 0 Å². The van der Waals surface area contributed by atoms with E-state index in [1.165, 1.54) is 24.4 Å². The molecule has 7 heteroatoms. The van der Waals surface area contributed by atoms with Crippen molar-refractivity contribution in [3.05, 3.63) is 64.2 Å². The largest absolute Gasteiger partial charge is 0.369 e. The van der Waals surface area contributed by atoms with Crippen molar-refractivity contribution in [1.82, 2.24) is 4.57 Å². The molecule has 2 heterocycles. The second-order valence-corrected chi connectivity index (χ2v) is 11.3. The number of aryl methyl sites for hydroxylation is 2. The minimum absolute atomic E-state index is 0.0720. The lowest BCUT2D eigenvalue weighted by molar-refractivity contribution is 0.434. The van der Waals surface area contributed by atoms with E-state index in [9.17, 15) is 13.2 Å². The summed E-state index contributed by atoms with van der Waals surface area (Å²) >= 11 is 0. The maximum Gasteiger partial charge on any atom is 0.211 e. The first-order valence-electron chi connectivity index (χ1n) is 12.2. The van der Waals surface area contributed by atoms with Crippen LogP contribution in [0, 0.1) is 11.7 Å². The molecule has 0 saturated carbocycles. The third-order valence-corrected chi connectivity index (χ3v) is 8.69. The molecule has 0 atom stereocenters. The van der Waals surface area contributed by atoms with Gasteiger partial charge in [-0.15, -0.1) is 0 Å². The topological polar surface area (TPSA) is 59.4 Å². The fraction of sp³-hybridized carbons (Fsp3) is 0.444. The molecule has 0 amide bonds. The van der Waals surface area contributed by atoms with E-state index in [1.54, 1.807) is 18.2 Å². The Balaban J connectivity index is 1.88. The molecule has 4 rings (SSSR count). The summed E-state index contributed by atoms with van der Waals surface area (Å²) in [5.74, 6) is 0.129. The summed E-state index contributed by atoms with van der Waals surface area (Å²) in [4.78, 5) is 15.2. The van der Waals surface area contributed by atoms with Crippen LogP contribution >= 0.6 is 0 Å². The average molecular weight is 485 g/mol. The van der Waals surface area contributed by atoms with Gasteiger partial charge in [0, 0.05) is 25.8 Å². The van der Waals surface area contributed by atoms with Crippen molar-refractivity contribution < 1.29 is 12.8 Å². The molecular weight excluding hydrogens is 451 g/mol. The number of nitrogens with zero attached hydrogens (tertiary/aromatic N) is 2. The van der Waals surface area contributed by atoms with Crippen LogP contribution < -0.4 is 10.3 Å². The second kappa shape index (κ2) is 9.90. The number of halogens is 1. The molecule has 0 unspecified atom stereocenters. The molecule has 2 aromatic carbocycles. The number of rotatable bonds is 7. The molecule has 3 aromatic rings. The molecule has 1 aromatic heterocycles. The molecular formula is C27H33FN2O3S. The van der Waals surface area contributed by atoms with Gasteiger partial charge < -0.3 is 9.47 Å². The molecule has 5 nitrogen and oxygen atoms in total. The van der Waals surface area contributed by atoms with Crippen molar-refractivity contribution in [2.75, 3.05) is 18.0 Å². The number of pyridine rings is 1. The standard InChI is InChI=1S/C27H33FN2O3S/c1-4-6-13-30-18-26(34(32,33)21-9-7-20(5-2)8-10-21)27(31)22-16-23(28)25(17-24(22)30)29-14-11-19(3)12-15-29/h7-10,16-19H,4-6,11-15H2,1-3H3. The van der Waals surface area contributed by atoms with E-state index in [0.29, 0.717) is 23.7 Å². The van der Waals surface area contributed by atoms with E-state index >= 15 is 4.39 Å². The Morgan fingerprint density at radius 1 is 1.06 bits per heavy atom. The Hall–Kier alpha value is -2.67. The lowest BCUT2D eigenvalue weighted by atomic mass is 9.98. The summed E-state index contributed by atoms with van der Waals surface area (Å²) in [5.41, 5.74) is 1.42. The third-order valence-electron chi connectivity index (χ3n) is 6.92. The Labute approximate surface area is 201 Å². The van der Waals surface area contributed by atoms with Gasteiger partial charge in [0.2, 0.25) is 15.3 Å². The number of hydrogen-bond donors (Lipinski definition) is 0. The van der Waals surface area contributed by atoms with Crippen LogP contribution in [0.2, 0.25) is 0 Å². The van der Waals surface area contributed by atoms with E-state index in [2.05, 4.69) is 13.8 Å². The first-order valence-corrected chi connectivity index (χ1v) is 13.7. The van der Waals surface area contributed by atoms with Gasteiger partial charge in [-0.05, 0) is 61.4 Å². The summed E-state index contributed by atoms with van der Waals surface area (Å²) in [7, 11) is -4.05. The number of aromatic nitrogens is 1. The van der Waals surface area contributed by atoms with Gasteiger partial charge in [-0.1, -0.05) is 39.3 Å². The quantitative estimate of drug-likeness (QED) is 0.440. The van der Waals surface area contributed by atoms with E-state index in [4.69, 9.17) is 0 Å². The minimum Gasteiger partial charge on any atom is -0.369 e. The highest BCUT2D eigenvalue weighted by Crippen LogP contribution is 2.30. The molecule has 0 N–H and O–H groups in total. The fourth-order valence-corrected chi connectivity index (χ4v) is 5.97. The van der Waals surface area contributed by atoms with Gasteiger partial charge in [0.15, 0.2) is 0 Å². The maximum atomic E-state index is 15.3. The van der Waals surface area contributed by atoms with Gasteiger partial charge in [-0.25, -0.2) is 12.8 Å². The molecule has 182 valence electrons. The number of benzene rings is 2. The smallest absolute Gasteiger partial charge is 0.211 e. The van der Waals surface area contributed by atoms with Crippen LogP contribution in [0.4, 0.5) is 10.1 Å². The zero-order chi connectivity index (χ0) is 24.5. The van der Waals surface area contributed by atoms with Gasteiger partial charge in [0.05, 0.1) is 21.5 Å². The van der Waals surface area contributed by atoms with E-state index in [0.717, 1.165) is 50.8 Å². The van der Waals surface area contributed by atoms with Crippen molar-refractivity contribution in [3.8, 4) is 0 Å². The minimum atomic E-state index is -4.05. The highest BCUT2D eigenvalue weighted by molar-refractivity contribution is 7.91. The number of sulfone groups is 1. The molecule has 1 saturated heterocycles. The van der Waals surface area contributed by atoms with Gasteiger partial charge in [-0.3, -0.25) is 4.79 Å². The number of anilines is 1. The predicted molar refractivity (Wildman–Crippen MR) is 135 cm³/mol. The Kier molecular flexibility index (Phi) is 7.12. The van der Waals surface area contributed by atoms with Crippen LogP contribution in [-0.2, 0) is 22.8 Å². The van der Waals surface area contributed by atoms with Gasteiger partial charge >= 0.3 is 0 Å². The fourth-order valence-electron chi connectivity index (χ4n) is 4.60. The molecule has 1 aliphatic heterocycles. The predicted octanol–water partition coefficient (Wildman–Crippen LogP) is 5.57. The van der Waals surface area contributed by atoms with E-state index in [-0.39, 0.29) is 15.2 Å². The number of piperidine rings is 1. The Morgan fingerprint density at radius 2 is 1.74 bits per heavy atom. The summed E-state index contributed by atoms with van der Waals surface area (Å²) in [5, 5.41) is 0.106. The molecule has 34 heavy (non-hydrogen) atoms. The molecule has 0 aliphatic carbocycles. The van der Waals surface area contributed by atoms with Crippen LogP contribution in [0.15, 0.2) is 57.2 Å². The summed E-state index contributed by atoms with van der Waals surface area (Å²) in [6, 6.07) is 9.55. The van der Waals surface area contributed by atoms with Crippen LogP contribution in [0.25, 0.3) is 10.9 Å². The van der Waals surface area contributed by atoms with Crippen LogP contribution in [-0.4, -0.2) is 26.1 Å². The van der Waals surface area contributed by atoms with E-state index < -0.39 is 21.1 Å². The third kappa shape index (κ3) is 4.63. The first kappa shape index (κ1) is 24.5. The molecule has 0 spiro atoms. The van der Waals surface area contributed by atoms with Gasteiger partial charge in [0.1, 0.15) is 10.7 Å². The van der Waals surface area contributed by atoms with Crippen molar-refractivity contribution in [2.45, 2.75) is 69.2 Å². The van der Waals surface area contributed by atoms with Gasteiger partial charge in [-0.2, -0.15) is 0 Å². The highest BCUT2D eigenvalue weighted by atomic mass is 32.2. The first-order chi connectivity index (χ1) is 16.3. The van der Waals surface area contributed by atoms with Gasteiger partial charge in [0.25, 0.3) is 0 Å². The van der Waals surface area contributed by atoms with Crippen molar-refractivity contribution >= 4 is 26.4 Å². The molecule has 1 fully saturated rings. The van der Waals surface area contributed by atoms with E-state index in [1.807, 2.05) is 16.4 Å².